The first kappa shape index (κ1) is 14.6. The molecule has 0 saturated carbocycles. The number of aryl methyl sites for hydroxylation is 1. The maximum absolute atomic E-state index is 6.28. The molecule has 0 spiro atoms. The highest BCUT2D eigenvalue weighted by Gasteiger charge is 2.36. The predicted molar refractivity (Wildman–Crippen MR) is 87.5 cm³/mol. The summed E-state index contributed by atoms with van der Waals surface area (Å²) in [6, 6.07) is 9.54. The standard InChI is InChI=1S/C19H27NO/c1-15-8-10-16(11-9-15)19(2)12-4-7-18(19)21-14-17-6-5-13-20(17)3/h7-11,17H,4-6,12-14H2,1-3H3/t17-,19+/m0/s1. The largest absolute Gasteiger partial charge is 0.496 e. The number of hydrogen-bond donors (Lipinski definition) is 0. The molecule has 114 valence electrons. The van der Waals surface area contributed by atoms with Gasteiger partial charge in [-0.1, -0.05) is 29.8 Å². The van der Waals surface area contributed by atoms with Crippen LogP contribution >= 0.6 is 0 Å². The Balaban J connectivity index is 1.70. The van der Waals surface area contributed by atoms with Gasteiger partial charge in [0, 0.05) is 11.5 Å². The van der Waals surface area contributed by atoms with Crippen molar-refractivity contribution >= 4 is 0 Å². The summed E-state index contributed by atoms with van der Waals surface area (Å²) in [6.07, 6.45) is 7.16. The van der Waals surface area contributed by atoms with Crippen LogP contribution in [0.15, 0.2) is 36.1 Å². The summed E-state index contributed by atoms with van der Waals surface area (Å²) in [7, 11) is 2.21. The van der Waals surface area contributed by atoms with E-state index in [-0.39, 0.29) is 5.41 Å². The molecule has 2 nitrogen and oxygen atoms in total. The molecule has 0 amide bonds. The van der Waals surface area contributed by atoms with Crippen LogP contribution in [0, 0.1) is 6.92 Å². The Morgan fingerprint density at radius 3 is 2.71 bits per heavy atom. The molecule has 0 aromatic heterocycles. The fourth-order valence-corrected chi connectivity index (χ4v) is 3.64. The van der Waals surface area contributed by atoms with E-state index in [9.17, 15) is 0 Å². The maximum Gasteiger partial charge on any atom is 0.103 e. The Bertz CT molecular complexity index is 519. The zero-order valence-corrected chi connectivity index (χ0v) is 13.6. The quantitative estimate of drug-likeness (QED) is 0.828. The average Bonchev–Trinajstić information content (AvgIpc) is 3.04. The predicted octanol–water partition coefficient (Wildman–Crippen LogP) is 4.04. The van der Waals surface area contributed by atoms with Gasteiger partial charge in [0.05, 0.1) is 0 Å². The molecule has 2 heteroatoms. The second kappa shape index (κ2) is 5.84. The van der Waals surface area contributed by atoms with E-state index in [1.54, 1.807) is 0 Å². The summed E-state index contributed by atoms with van der Waals surface area (Å²) in [5, 5.41) is 0. The van der Waals surface area contributed by atoms with Crippen molar-refractivity contribution in [3.8, 4) is 0 Å². The van der Waals surface area contributed by atoms with Crippen LogP contribution in [0.25, 0.3) is 0 Å². The lowest BCUT2D eigenvalue weighted by molar-refractivity contribution is 0.116. The molecule has 1 fully saturated rings. The van der Waals surface area contributed by atoms with Gasteiger partial charge in [-0.2, -0.15) is 0 Å². The van der Waals surface area contributed by atoms with Crippen molar-refractivity contribution in [3.63, 3.8) is 0 Å². The Hall–Kier alpha value is -1.28. The number of nitrogens with zero attached hydrogens (tertiary/aromatic N) is 1. The lowest BCUT2D eigenvalue weighted by atomic mass is 9.80. The van der Waals surface area contributed by atoms with Crippen LogP contribution in [0.3, 0.4) is 0 Å². The zero-order chi connectivity index (χ0) is 14.9. The summed E-state index contributed by atoms with van der Waals surface area (Å²) in [4.78, 5) is 2.43. The first-order valence-electron chi connectivity index (χ1n) is 8.20. The lowest BCUT2D eigenvalue weighted by Crippen LogP contribution is -2.31. The number of likely N-dealkylation sites (tertiary alicyclic amines) is 1. The third-order valence-electron chi connectivity index (χ3n) is 5.31. The summed E-state index contributed by atoms with van der Waals surface area (Å²) >= 11 is 0. The molecular weight excluding hydrogens is 258 g/mol. The van der Waals surface area contributed by atoms with Gasteiger partial charge in [0.2, 0.25) is 0 Å². The summed E-state index contributed by atoms with van der Waals surface area (Å²) in [5.41, 5.74) is 2.77. The van der Waals surface area contributed by atoms with E-state index in [0.29, 0.717) is 6.04 Å². The van der Waals surface area contributed by atoms with E-state index >= 15 is 0 Å². The fourth-order valence-electron chi connectivity index (χ4n) is 3.64. The van der Waals surface area contributed by atoms with E-state index in [0.717, 1.165) is 19.4 Å². The van der Waals surface area contributed by atoms with E-state index in [1.807, 2.05) is 0 Å². The second-order valence-electron chi connectivity index (χ2n) is 6.89. The molecule has 1 aliphatic carbocycles. The highest BCUT2D eigenvalue weighted by atomic mass is 16.5. The Morgan fingerprint density at radius 2 is 2.05 bits per heavy atom. The number of likely N-dealkylation sites (N-methyl/N-ethyl adjacent to an activating group) is 1. The molecule has 0 bridgehead atoms. The average molecular weight is 285 g/mol. The molecule has 0 radical (unpaired) electrons. The van der Waals surface area contributed by atoms with Crippen molar-refractivity contribution in [1.29, 1.82) is 0 Å². The van der Waals surface area contributed by atoms with Crippen LogP contribution in [-0.4, -0.2) is 31.1 Å². The SMILES string of the molecule is Cc1ccc([C@@]2(C)CCC=C2OC[C@@H]2CCCN2C)cc1. The van der Waals surface area contributed by atoms with Gasteiger partial charge in [-0.3, -0.25) is 0 Å². The minimum atomic E-state index is 0.0604. The van der Waals surface area contributed by atoms with Crippen molar-refractivity contribution < 1.29 is 4.74 Å². The molecule has 1 aromatic carbocycles. The van der Waals surface area contributed by atoms with Crippen LogP contribution in [0.5, 0.6) is 0 Å². The topological polar surface area (TPSA) is 12.5 Å². The number of allylic oxidation sites excluding steroid dienone is 2. The van der Waals surface area contributed by atoms with Crippen molar-refractivity contribution in [1.82, 2.24) is 4.90 Å². The van der Waals surface area contributed by atoms with Gasteiger partial charge in [-0.05, 0) is 64.8 Å². The molecule has 0 unspecified atom stereocenters. The van der Waals surface area contributed by atoms with Crippen LogP contribution < -0.4 is 0 Å². The molecule has 21 heavy (non-hydrogen) atoms. The van der Waals surface area contributed by atoms with E-state index in [1.165, 1.54) is 36.3 Å². The van der Waals surface area contributed by atoms with Crippen molar-refractivity contribution in [2.75, 3.05) is 20.2 Å². The second-order valence-corrected chi connectivity index (χ2v) is 6.89. The molecule has 2 atom stereocenters. The first-order chi connectivity index (χ1) is 10.1. The van der Waals surface area contributed by atoms with E-state index in [2.05, 4.69) is 56.1 Å². The maximum atomic E-state index is 6.28. The molecule has 2 aliphatic rings. The summed E-state index contributed by atoms with van der Waals surface area (Å²) < 4.78 is 6.28. The van der Waals surface area contributed by atoms with Gasteiger partial charge in [-0.25, -0.2) is 0 Å². The number of hydrogen-bond acceptors (Lipinski definition) is 2. The van der Waals surface area contributed by atoms with Crippen LogP contribution in [0.2, 0.25) is 0 Å². The molecule has 3 rings (SSSR count). The lowest BCUT2D eigenvalue weighted by Gasteiger charge is -2.30. The highest BCUT2D eigenvalue weighted by molar-refractivity contribution is 5.37. The molecule has 1 saturated heterocycles. The third kappa shape index (κ3) is 2.87. The van der Waals surface area contributed by atoms with Crippen molar-refractivity contribution in [2.24, 2.45) is 0 Å². The molecule has 0 N–H and O–H groups in total. The van der Waals surface area contributed by atoms with E-state index in [4.69, 9.17) is 4.74 Å². The summed E-state index contributed by atoms with van der Waals surface area (Å²) in [6.45, 7) is 6.52. The Labute approximate surface area is 128 Å². The van der Waals surface area contributed by atoms with Crippen LogP contribution in [0.4, 0.5) is 0 Å². The number of rotatable bonds is 4. The number of ether oxygens (including phenoxy) is 1. The van der Waals surface area contributed by atoms with Crippen molar-refractivity contribution in [3.05, 3.63) is 47.2 Å². The summed E-state index contributed by atoms with van der Waals surface area (Å²) in [5.74, 6) is 1.19. The van der Waals surface area contributed by atoms with Gasteiger partial charge < -0.3 is 9.64 Å². The molecule has 1 aromatic rings. The van der Waals surface area contributed by atoms with E-state index < -0.39 is 0 Å². The van der Waals surface area contributed by atoms with Gasteiger partial charge in [0.25, 0.3) is 0 Å². The Kier molecular flexibility index (Phi) is 4.08. The van der Waals surface area contributed by atoms with Gasteiger partial charge in [0.15, 0.2) is 0 Å². The van der Waals surface area contributed by atoms with Gasteiger partial charge in [0.1, 0.15) is 12.4 Å². The normalized spacial score (nSPS) is 29.7. The molecule has 1 aliphatic heterocycles. The van der Waals surface area contributed by atoms with Crippen molar-refractivity contribution in [2.45, 2.75) is 51.0 Å². The smallest absolute Gasteiger partial charge is 0.103 e. The Morgan fingerprint density at radius 1 is 1.29 bits per heavy atom. The third-order valence-corrected chi connectivity index (χ3v) is 5.31. The highest BCUT2D eigenvalue weighted by Crippen LogP contribution is 2.42. The molecule has 1 heterocycles. The fraction of sp³-hybridized carbons (Fsp3) is 0.579. The minimum Gasteiger partial charge on any atom is -0.496 e. The molecular formula is C19H27NO. The zero-order valence-electron chi connectivity index (χ0n) is 13.6. The van der Waals surface area contributed by atoms with Gasteiger partial charge >= 0.3 is 0 Å². The van der Waals surface area contributed by atoms with Gasteiger partial charge in [-0.15, -0.1) is 0 Å². The number of benzene rings is 1. The monoisotopic (exact) mass is 285 g/mol. The van der Waals surface area contributed by atoms with Crippen LogP contribution in [-0.2, 0) is 10.2 Å². The minimum absolute atomic E-state index is 0.0604. The first-order valence-corrected chi connectivity index (χ1v) is 8.20. The van der Waals surface area contributed by atoms with Crippen LogP contribution in [0.1, 0.15) is 43.7 Å².